The summed E-state index contributed by atoms with van der Waals surface area (Å²) < 4.78 is 0. The minimum Gasteiger partial charge on any atom is -0.408 e. The third-order valence-electron chi connectivity index (χ3n) is 0.829. The van der Waals surface area contributed by atoms with E-state index in [4.69, 9.17) is 5.21 Å². The van der Waals surface area contributed by atoms with Crippen LogP contribution >= 0.6 is 0 Å². The van der Waals surface area contributed by atoms with Crippen LogP contribution in [0.15, 0.2) is 10.3 Å². The van der Waals surface area contributed by atoms with Crippen molar-refractivity contribution in [2.45, 2.75) is 26.7 Å². The van der Waals surface area contributed by atoms with Gasteiger partial charge in [0.2, 0.25) is 0 Å². The van der Waals surface area contributed by atoms with E-state index in [1.165, 1.54) is 0 Å². The van der Waals surface area contributed by atoms with Crippen LogP contribution in [-0.4, -0.2) is 17.3 Å². The Kier molecular flexibility index (Phi) is 5.42. The molecule has 4 nitrogen and oxygen atoms in total. The number of nitrogens with zero attached hydrogens (tertiary/aromatic N) is 2. The van der Waals surface area contributed by atoms with Gasteiger partial charge in [0.1, 0.15) is 0 Å². The molecule has 0 heterocycles. The van der Waals surface area contributed by atoms with Crippen LogP contribution in [0.4, 0.5) is 0 Å². The summed E-state index contributed by atoms with van der Waals surface area (Å²) in [5.41, 5.74) is 0. The van der Waals surface area contributed by atoms with Crippen molar-refractivity contribution in [1.82, 2.24) is 0 Å². The molecule has 0 aromatic carbocycles. The molecule has 0 saturated heterocycles. The highest BCUT2D eigenvalue weighted by Gasteiger charge is 1.92. The molecule has 1 N–H and O–H groups in total. The first-order valence-corrected chi connectivity index (χ1v) is 3.24. The number of oxime groups is 2. The van der Waals surface area contributed by atoms with Gasteiger partial charge in [0.15, 0.2) is 0 Å². The van der Waals surface area contributed by atoms with Gasteiger partial charge in [0.05, 0.1) is 0 Å². The highest BCUT2D eigenvalue weighted by Crippen LogP contribution is 1.87. The second kappa shape index (κ2) is 6.07. The molecule has 0 aliphatic rings. The zero-order chi connectivity index (χ0) is 7.82. The SMILES string of the molecule is CCC=NOC(CC)=NO. The Morgan fingerprint density at radius 3 is 2.70 bits per heavy atom. The topological polar surface area (TPSA) is 54.2 Å². The zero-order valence-corrected chi connectivity index (χ0v) is 6.24. The maximum Gasteiger partial charge on any atom is 0.260 e. The normalized spacial score (nSPS) is 12.4. The van der Waals surface area contributed by atoms with Gasteiger partial charge < -0.3 is 10.0 Å². The molecule has 0 aliphatic heterocycles. The molecule has 0 unspecified atom stereocenters. The van der Waals surface area contributed by atoms with E-state index in [2.05, 4.69) is 15.1 Å². The lowest BCUT2D eigenvalue weighted by Crippen LogP contribution is -1.97. The van der Waals surface area contributed by atoms with Crippen LogP contribution in [0.25, 0.3) is 0 Å². The lowest BCUT2D eigenvalue weighted by Gasteiger charge is -1.94. The molecule has 0 fully saturated rings. The fraction of sp³-hybridized carbons (Fsp3) is 0.667. The summed E-state index contributed by atoms with van der Waals surface area (Å²) in [7, 11) is 0. The first kappa shape index (κ1) is 8.94. The van der Waals surface area contributed by atoms with Crippen LogP contribution < -0.4 is 0 Å². The summed E-state index contributed by atoms with van der Waals surface area (Å²) in [4.78, 5) is 4.65. The van der Waals surface area contributed by atoms with E-state index in [9.17, 15) is 0 Å². The standard InChI is InChI=1S/C6H12N2O2/c1-3-5-7-10-6(4-2)8-9/h5,9H,3-4H2,1-2H3. The van der Waals surface area contributed by atoms with E-state index in [0.717, 1.165) is 6.42 Å². The van der Waals surface area contributed by atoms with E-state index in [0.29, 0.717) is 6.42 Å². The van der Waals surface area contributed by atoms with E-state index in [1.807, 2.05) is 13.8 Å². The van der Waals surface area contributed by atoms with E-state index in [1.54, 1.807) is 6.21 Å². The lowest BCUT2D eigenvalue weighted by molar-refractivity contribution is 0.258. The average Bonchev–Trinajstić information content (AvgIpc) is 1.99. The Bertz CT molecular complexity index is 132. The Hall–Kier alpha value is -1.06. The van der Waals surface area contributed by atoms with Crippen molar-refractivity contribution in [1.29, 1.82) is 0 Å². The highest BCUT2D eigenvalue weighted by molar-refractivity contribution is 5.75. The summed E-state index contributed by atoms with van der Waals surface area (Å²) in [6, 6.07) is 0. The molecule has 0 aromatic rings. The van der Waals surface area contributed by atoms with Gasteiger partial charge in [-0.15, -0.1) is 0 Å². The Morgan fingerprint density at radius 2 is 2.30 bits per heavy atom. The summed E-state index contributed by atoms with van der Waals surface area (Å²) in [5, 5.41) is 14.6. The molecule has 10 heavy (non-hydrogen) atoms. The van der Waals surface area contributed by atoms with Crippen molar-refractivity contribution in [3.8, 4) is 0 Å². The molecule has 0 saturated carbocycles. The van der Waals surface area contributed by atoms with Crippen molar-refractivity contribution in [2.75, 3.05) is 0 Å². The first-order valence-electron chi connectivity index (χ1n) is 3.24. The van der Waals surface area contributed by atoms with Gasteiger partial charge in [0.25, 0.3) is 5.90 Å². The van der Waals surface area contributed by atoms with Crippen molar-refractivity contribution < 1.29 is 10.0 Å². The van der Waals surface area contributed by atoms with E-state index >= 15 is 0 Å². The predicted octanol–water partition coefficient (Wildman–Crippen LogP) is 1.60. The summed E-state index contributed by atoms with van der Waals surface area (Å²) >= 11 is 0. The van der Waals surface area contributed by atoms with E-state index < -0.39 is 0 Å². The average molecular weight is 144 g/mol. The van der Waals surface area contributed by atoms with Crippen molar-refractivity contribution in [2.24, 2.45) is 10.3 Å². The molecule has 0 aromatic heterocycles. The molecule has 0 amide bonds. The van der Waals surface area contributed by atoms with Crippen LogP contribution in [0.5, 0.6) is 0 Å². The van der Waals surface area contributed by atoms with Crippen molar-refractivity contribution in [3.63, 3.8) is 0 Å². The van der Waals surface area contributed by atoms with Gasteiger partial charge in [-0.3, -0.25) is 0 Å². The Labute approximate surface area is 60.2 Å². The smallest absolute Gasteiger partial charge is 0.260 e. The molecule has 0 radical (unpaired) electrons. The number of hydrogen-bond donors (Lipinski definition) is 1. The molecular weight excluding hydrogens is 132 g/mol. The second-order valence-electron chi connectivity index (χ2n) is 1.63. The highest BCUT2D eigenvalue weighted by atomic mass is 16.6. The number of rotatable bonds is 3. The van der Waals surface area contributed by atoms with Crippen molar-refractivity contribution >= 4 is 12.1 Å². The minimum atomic E-state index is 0.227. The first-order chi connectivity index (χ1) is 4.85. The predicted molar refractivity (Wildman–Crippen MR) is 39.4 cm³/mol. The molecule has 0 bridgehead atoms. The third-order valence-corrected chi connectivity index (χ3v) is 0.829. The molecule has 0 spiro atoms. The molecule has 0 aliphatic carbocycles. The van der Waals surface area contributed by atoms with Crippen LogP contribution in [0, 0.1) is 0 Å². The molecule has 4 heteroatoms. The fourth-order valence-electron chi connectivity index (χ4n) is 0.326. The van der Waals surface area contributed by atoms with Crippen LogP contribution in [0.2, 0.25) is 0 Å². The third kappa shape index (κ3) is 3.88. The largest absolute Gasteiger partial charge is 0.408 e. The Morgan fingerprint density at radius 1 is 1.60 bits per heavy atom. The minimum absolute atomic E-state index is 0.227. The second-order valence-corrected chi connectivity index (χ2v) is 1.63. The fourth-order valence-corrected chi connectivity index (χ4v) is 0.326. The molecule has 0 atom stereocenters. The molecule has 58 valence electrons. The molecule has 0 rings (SSSR count). The summed E-state index contributed by atoms with van der Waals surface area (Å²) in [6.45, 7) is 3.76. The van der Waals surface area contributed by atoms with Crippen LogP contribution in [0.1, 0.15) is 26.7 Å². The number of hydrogen-bond acceptors (Lipinski definition) is 4. The van der Waals surface area contributed by atoms with Gasteiger partial charge in [-0.25, -0.2) is 0 Å². The van der Waals surface area contributed by atoms with Gasteiger partial charge in [-0.05, 0) is 6.42 Å². The Balaban J connectivity index is 3.55. The van der Waals surface area contributed by atoms with Crippen LogP contribution in [0.3, 0.4) is 0 Å². The van der Waals surface area contributed by atoms with Crippen molar-refractivity contribution in [3.05, 3.63) is 0 Å². The van der Waals surface area contributed by atoms with Gasteiger partial charge in [-0.2, -0.15) is 0 Å². The van der Waals surface area contributed by atoms with Gasteiger partial charge in [0, 0.05) is 12.6 Å². The maximum absolute atomic E-state index is 8.21. The quantitative estimate of drug-likeness (QED) is 0.283. The van der Waals surface area contributed by atoms with E-state index in [-0.39, 0.29) is 5.90 Å². The van der Waals surface area contributed by atoms with Gasteiger partial charge in [-0.1, -0.05) is 24.2 Å². The summed E-state index contributed by atoms with van der Waals surface area (Å²) in [5.74, 6) is 0.227. The monoisotopic (exact) mass is 144 g/mol. The lowest BCUT2D eigenvalue weighted by atomic mass is 10.5. The van der Waals surface area contributed by atoms with Gasteiger partial charge >= 0.3 is 0 Å². The van der Waals surface area contributed by atoms with Crippen LogP contribution in [-0.2, 0) is 4.84 Å². The maximum atomic E-state index is 8.21. The zero-order valence-electron chi connectivity index (χ0n) is 6.24. The molecular formula is C6H12N2O2. The summed E-state index contributed by atoms with van der Waals surface area (Å²) in [6.07, 6.45) is 2.95.